The van der Waals surface area contributed by atoms with Crippen LogP contribution in [0.5, 0.6) is 5.75 Å². The van der Waals surface area contributed by atoms with Crippen molar-refractivity contribution >= 4 is 17.4 Å². The van der Waals surface area contributed by atoms with Crippen molar-refractivity contribution in [2.45, 2.75) is 32.4 Å². The highest BCUT2D eigenvalue weighted by Crippen LogP contribution is 2.30. The van der Waals surface area contributed by atoms with E-state index in [4.69, 9.17) is 16.3 Å². The van der Waals surface area contributed by atoms with E-state index >= 15 is 0 Å². The number of ketones is 1. The number of methoxy groups -OCH3 is 1. The second kappa shape index (κ2) is 4.90. The monoisotopic (exact) mass is 267 g/mol. The lowest BCUT2D eigenvalue weighted by atomic mass is 10.00. The molecule has 0 amide bonds. The highest BCUT2D eigenvalue weighted by Gasteiger charge is 2.39. The Morgan fingerprint density at radius 2 is 2.17 bits per heavy atom. The quantitative estimate of drug-likeness (QED) is 0.843. The molecule has 0 spiro atoms. The predicted octanol–water partition coefficient (Wildman–Crippen LogP) is 2.90. The Bertz CT molecular complexity index is 471. The van der Waals surface area contributed by atoms with E-state index in [0.29, 0.717) is 23.8 Å². The van der Waals surface area contributed by atoms with Gasteiger partial charge in [0.25, 0.3) is 0 Å². The number of hydrogen-bond acceptors (Lipinski definition) is 3. The third-order valence-electron chi connectivity index (χ3n) is 3.69. The van der Waals surface area contributed by atoms with Gasteiger partial charge in [0.2, 0.25) is 0 Å². The van der Waals surface area contributed by atoms with Crippen LogP contribution < -0.4 is 4.74 Å². The van der Waals surface area contributed by atoms with Crippen molar-refractivity contribution in [2.75, 3.05) is 13.7 Å². The van der Waals surface area contributed by atoms with Crippen LogP contribution in [0.15, 0.2) is 18.2 Å². The number of halogens is 1. The number of rotatable bonds is 3. The topological polar surface area (TPSA) is 29.5 Å². The minimum absolute atomic E-state index is 0.295. The van der Waals surface area contributed by atoms with Crippen LogP contribution in [0.25, 0.3) is 0 Å². The van der Waals surface area contributed by atoms with E-state index in [2.05, 4.69) is 4.90 Å². The van der Waals surface area contributed by atoms with Gasteiger partial charge < -0.3 is 4.74 Å². The SMILES string of the molecule is COc1ccc(Cl)cc1CN1CCC(=O)C1(C)C. The minimum atomic E-state index is -0.396. The van der Waals surface area contributed by atoms with E-state index in [1.54, 1.807) is 7.11 Å². The first-order valence-electron chi connectivity index (χ1n) is 6.06. The second-order valence-corrected chi connectivity index (χ2v) is 5.55. The molecule has 0 N–H and O–H groups in total. The van der Waals surface area contributed by atoms with E-state index < -0.39 is 5.54 Å². The Hall–Kier alpha value is -1.06. The molecular formula is C14H18ClNO2. The molecule has 1 saturated heterocycles. The van der Waals surface area contributed by atoms with Crippen molar-refractivity contribution in [1.82, 2.24) is 4.90 Å². The van der Waals surface area contributed by atoms with Gasteiger partial charge in [-0.15, -0.1) is 0 Å². The second-order valence-electron chi connectivity index (χ2n) is 5.11. The molecule has 1 fully saturated rings. The summed E-state index contributed by atoms with van der Waals surface area (Å²) in [7, 11) is 1.65. The molecule has 1 aromatic carbocycles. The standard InChI is InChI=1S/C14H18ClNO2/c1-14(2)13(17)6-7-16(14)9-10-8-11(15)4-5-12(10)18-3/h4-5,8H,6-7,9H2,1-3H3. The zero-order chi connectivity index (χ0) is 13.3. The average Bonchev–Trinajstić information content (AvgIpc) is 2.56. The normalized spacial score (nSPS) is 19.2. The van der Waals surface area contributed by atoms with Crippen LogP contribution in [-0.2, 0) is 11.3 Å². The molecule has 0 unspecified atom stereocenters. The molecular weight excluding hydrogens is 250 g/mol. The number of likely N-dealkylation sites (tertiary alicyclic amines) is 1. The number of carbonyl (C=O) groups excluding carboxylic acids is 1. The van der Waals surface area contributed by atoms with Crippen LogP contribution in [0, 0.1) is 0 Å². The lowest BCUT2D eigenvalue weighted by molar-refractivity contribution is -0.123. The van der Waals surface area contributed by atoms with Crippen LogP contribution in [0.3, 0.4) is 0 Å². The molecule has 0 radical (unpaired) electrons. The third-order valence-corrected chi connectivity index (χ3v) is 3.92. The van der Waals surface area contributed by atoms with Gasteiger partial charge in [0.1, 0.15) is 5.75 Å². The fraction of sp³-hybridized carbons (Fsp3) is 0.500. The first-order chi connectivity index (χ1) is 8.45. The summed E-state index contributed by atoms with van der Waals surface area (Å²) in [5.41, 5.74) is 0.626. The molecule has 0 bridgehead atoms. The number of hydrogen-bond donors (Lipinski definition) is 0. The van der Waals surface area contributed by atoms with E-state index in [-0.39, 0.29) is 0 Å². The molecule has 0 aliphatic carbocycles. The highest BCUT2D eigenvalue weighted by molar-refractivity contribution is 6.30. The summed E-state index contributed by atoms with van der Waals surface area (Å²) in [4.78, 5) is 14.0. The first-order valence-corrected chi connectivity index (χ1v) is 6.43. The van der Waals surface area contributed by atoms with Gasteiger partial charge in [-0.3, -0.25) is 9.69 Å². The summed E-state index contributed by atoms with van der Waals surface area (Å²) >= 11 is 6.02. The summed E-state index contributed by atoms with van der Waals surface area (Å²) in [5, 5.41) is 0.689. The first kappa shape index (κ1) is 13.4. The maximum atomic E-state index is 11.8. The van der Waals surface area contributed by atoms with Gasteiger partial charge in [-0.2, -0.15) is 0 Å². The third kappa shape index (κ3) is 2.38. The smallest absolute Gasteiger partial charge is 0.153 e. The van der Waals surface area contributed by atoms with Crippen LogP contribution in [0.2, 0.25) is 5.02 Å². The van der Waals surface area contributed by atoms with Crippen molar-refractivity contribution < 1.29 is 9.53 Å². The van der Waals surface area contributed by atoms with E-state index in [0.717, 1.165) is 17.9 Å². The highest BCUT2D eigenvalue weighted by atomic mass is 35.5. The zero-order valence-corrected chi connectivity index (χ0v) is 11.8. The Labute approximate surface area is 113 Å². The molecule has 0 saturated carbocycles. The van der Waals surface area contributed by atoms with Gasteiger partial charge in [-0.1, -0.05) is 11.6 Å². The molecule has 98 valence electrons. The lowest BCUT2D eigenvalue weighted by Gasteiger charge is -2.30. The van der Waals surface area contributed by atoms with E-state index in [1.165, 1.54) is 0 Å². The maximum absolute atomic E-state index is 11.8. The van der Waals surface area contributed by atoms with Gasteiger partial charge >= 0.3 is 0 Å². The molecule has 4 heteroatoms. The molecule has 1 aliphatic heterocycles. The summed E-state index contributed by atoms with van der Waals surface area (Å²) in [5.74, 6) is 1.11. The van der Waals surface area contributed by atoms with Gasteiger partial charge in [-0.05, 0) is 32.0 Å². The summed E-state index contributed by atoms with van der Waals surface area (Å²) in [6.45, 7) is 5.42. The van der Waals surface area contributed by atoms with Crippen molar-refractivity contribution in [3.8, 4) is 5.75 Å². The Morgan fingerprint density at radius 3 is 2.72 bits per heavy atom. The maximum Gasteiger partial charge on any atom is 0.153 e. The summed E-state index contributed by atoms with van der Waals surface area (Å²) in [6, 6.07) is 5.58. The predicted molar refractivity (Wildman–Crippen MR) is 72.1 cm³/mol. The van der Waals surface area contributed by atoms with Crippen molar-refractivity contribution in [1.29, 1.82) is 0 Å². The fourth-order valence-electron chi connectivity index (χ4n) is 2.35. The van der Waals surface area contributed by atoms with Gasteiger partial charge in [0.15, 0.2) is 5.78 Å². The molecule has 0 atom stereocenters. The Morgan fingerprint density at radius 1 is 1.44 bits per heavy atom. The van der Waals surface area contributed by atoms with Crippen molar-refractivity contribution in [3.05, 3.63) is 28.8 Å². The summed E-state index contributed by atoms with van der Waals surface area (Å²) in [6.07, 6.45) is 0.621. The summed E-state index contributed by atoms with van der Waals surface area (Å²) < 4.78 is 5.34. The molecule has 0 aromatic heterocycles. The van der Waals surface area contributed by atoms with Gasteiger partial charge in [0.05, 0.1) is 12.6 Å². The van der Waals surface area contributed by atoms with Crippen LogP contribution >= 0.6 is 11.6 Å². The Balaban J connectivity index is 2.24. The number of nitrogens with zero attached hydrogens (tertiary/aromatic N) is 1. The number of carbonyl (C=O) groups is 1. The van der Waals surface area contributed by atoms with Gasteiger partial charge in [-0.25, -0.2) is 0 Å². The molecule has 2 rings (SSSR count). The van der Waals surface area contributed by atoms with E-state index in [1.807, 2.05) is 32.0 Å². The van der Waals surface area contributed by atoms with E-state index in [9.17, 15) is 4.79 Å². The lowest BCUT2D eigenvalue weighted by Crippen LogP contribution is -2.42. The van der Waals surface area contributed by atoms with Crippen LogP contribution in [0.4, 0.5) is 0 Å². The average molecular weight is 268 g/mol. The number of ether oxygens (including phenoxy) is 1. The Kier molecular flexibility index (Phi) is 3.64. The van der Waals surface area contributed by atoms with Crippen molar-refractivity contribution in [2.24, 2.45) is 0 Å². The van der Waals surface area contributed by atoms with Crippen LogP contribution in [0.1, 0.15) is 25.8 Å². The molecule has 1 heterocycles. The zero-order valence-electron chi connectivity index (χ0n) is 11.0. The minimum Gasteiger partial charge on any atom is -0.496 e. The molecule has 1 aliphatic rings. The fourth-order valence-corrected chi connectivity index (χ4v) is 2.55. The van der Waals surface area contributed by atoms with Gasteiger partial charge in [0, 0.05) is 30.1 Å². The molecule has 3 nitrogen and oxygen atoms in total. The van der Waals surface area contributed by atoms with Crippen LogP contribution in [-0.4, -0.2) is 29.9 Å². The van der Waals surface area contributed by atoms with Crippen molar-refractivity contribution in [3.63, 3.8) is 0 Å². The number of Topliss-reactive ketones (excluding diaryl/α,β-unsaturated/α-hetero) is 1. The molecule has 18 heavy (non-hydrogen) atoms. The molecule has 1 aromatic rings. The number of benzene rings is 1. The largest absolute Gasteiger partial charge is 0.496 e.